The zero-order valence-corrected chi connectivity index (χ0v) is 17.8. The van der Waals surface area contributed by atoms with Crippen LogP contribution in [-0.2, 0) is 11.3 Å². The van der Waals surface area contributed by atoms with Crippen molar-refractivity contribution < 1.29 is 4.79 Å². The molecule has 0 radical (unpaired) electrons. The Morgan fingerprint density at radius 3 is 2.62 bits per heavy atom. The fourth-order valence-electron chi connectivity index (χ4n) is 3.28. The first kappa shape index (κ1) is 20.0. The van der Waals surface area contributed by atoms with E-state index in [1.54, 1.807) is 0 Å². The SMILES string of the molecule is C[C@@H](NC(=O)CSc1nnc(C2CC2)n1Cc1ccccc1)c1ccccc1Cl. The fraction of sp³-hybridized carbons (Fsp3) is 0.318. The van der Waals surface area contributed by atoms with Crippen molar-refractivity contribution in [1.82, 2.24) is 20.1 Å². The third-order valence-electron chi connectivity index (χ3n) is 4.95. The summed E-state index contributed by atoms with van der Waals surface area (Å²) < 4.78 is 2.16. The largest absolute Gasteiger partial charge is 0.349 e. The van der Waals surface area contributed by atoms with Crippen molar-refractivity contribution in [3.8, 4) is 0 Å². The molecule has 29 heavy (non-hydrogen) atoms. The molecule has 0 saturated heterocycles. The lowest BCUT2D eigenvalue weighted by molar-refractivity contribution is -0.119. The highest BCUT2D eigenvalue weighted by atomic mass is 35.5. The number of carbonyl (C=O) groups excluding carboxylic acids is 1. The first-order valence-electron chi connectivity index (χ1n) is 9.75. The number of halogens is 1. The first-order valence-corrected chi connectivity index (χ1v) is 11.1. The van der Waals surface area contributed by atoms with Crippen LogP contribution in [0.3, 0.4) is 0 Å². The van der Waals surface area contributed by atoms with E-state index in [1.165, 1.54) is 17.3 Å². The number of hydrogen-bond donors (Lipinski definition) is 1. The molecule has 1 aliphatic carbocycles. The van der Waals surface area contributed by atoms with Crippen LogP contribution < -0.4 is 5.32 Å². The number of rotatable bonds is 8. The van der Waals surface area contributed by atoms with E-state index in [-0.39, 0.29) is 17.7 Å². The predicted molar refractivity (Wildman–Crippen MR) is 116 cm³/mol. The summed E-state index contributed by atoms with van der Waals surface area (Å²) in [5, 5.41) is 13.2. The summed E-state index contributed by atoms with van der Waals surface area (Å²) in [4.78, 5) is 12.5. The number of benzene rings is 2. The second-order valence-electron chi connectivity index (χ2n) is 7.29. The molecule has 1 atom stereocenters. The molecule has 0 spiro atoms. The van der Waals surface area contributed by atoms with Gasteiger partial charge in [0.25, 0.3) is 0 Å². The molecule has 1 heterocycles. The van der Waals surface area contributed by atoms with Gasteiger partial charge >= 0.3 is 0 Å². The smallest absolute Gasteiger partial charge is 0.230 e. The molecule has 1 amide bonds. The number of amides is 1. The summed E-state index contributed by atoms with van der Waals surface area (Å²) in [6.45, 7) is 2.66. The number of aromatic nitrogens is 3. The van der Waals surface area contributed by atoms with Gasteiger partial charge in [0.2, 0.25) is 5.91 Å². The Morgan fingerprint density at radius 2 is 1.90 bits per heavy atom. The molecule has 0 aliphatic heterocycles. The third kappa shape index (κ3) is 5.00. The summed E-state index contributed by atoms with van der Waals surface area (Å²) in [6, 6.07) is 17.7. The highest BCUT2D eigenvalue weighted by Crippen LogP contribution is 2.40. The minimum atomic E-state index is -0.152. The van der Waals surface area contributed by atoms with Gasteiger partial charge in [-0.2, -0.15) is 0 Å². The van der Waals surface area contributed by atoms with Crippen LogP contribution >= 0.6 is 23.4 Å². The highest BCUT2D eigenvalue weighted by Gasteiger charge is 2.30. The quantitative estimate of drug-likeness (QED) is 0.524. The summed E-state index contributed by atoms with van der Waals surface area (Å²) in [5.74, 6) is 1.76. The van der Waals surface area contributed by atoms with E-state index in [0.717, 1.165) is 35.9 Å². The van der Waals surface area contributed by atoms with Crippen LogP contribution in [0.4, 0.5) is 0 Å². The molecule has 5 nitrogen and oxygen atoms in total. The maximum atomic E-state index is 12.5. The van der Waals surface area contributed by atoms with Crippen molar-refractivity contribution in [1.29, 1.82) is 0 Å². The maximum Gasteiger partial charge on any atom is 0.230 e. The molecular formula is C22H23ClN4OS. The summed E-state index contributed by atoms with van der Waals surface area (Å²) in [7, 11) is 0. The third-order valence-corrected chi connectivity index (χ3v) is 6.26. The minimum absolute atomic E-state index is 0.0512. The van der Waals surface area contributed by atoms with E-state index in [2.05, 4.69) is 32.2 Å². The zero-order chi connectivity index (χ0) is 20.2. The molecular weight excluding hydrogens is 404 g/mol. The van der Waals surface area contributed by atoms with Crippen molar-refractivity contribution in [2.75, 3.05) is 5.75 Å². The highest BCUT2D eigenvalue weighted by molar-refractivity contribution is 7.99. The average molecular weight is 427 g/mol. The van der Waals surface area contributed by atoms with Gasteiger partial charge in [-0.1, -0.05) is 71.9 Å². The number of nitrogens with one attached hydrogen (secondary N) is 1. The number of carbonyl (C=O) groups is 1. The number of thioether (sulfide) groups is 1. The van der Waals surface area contributed by atoms with Gasteiger partial charge in [0.1, 0.15) is 5.82 Å². The molecule has 3 aromatic rings. The second kappa shape index (κ2) is 9.01. The van der Waals surface area contributed by atoms with E-state index >= 15 is 0 Å². The van der Waals surface area contributed by atoms with Gasteiger partial charge in [0.05, 0.1) is 18.3 Å². The van der Waals surface area contributed by atoms with Crippen molar-refractivity contribution in [3.05, 3.63) is 76.6 Å². The predicted octanol–water partition coefficient (Wildman–Crippen LogP) is 4.83. The van der Waals surface area contributed by atoms with Gasteiger partial charge in [-0.3, -0.25) is 4.79 Å². The summed E-state index contributed by atoms with van der Waals surface area (Å²) in [6.07, 6.45) is 2.32. The van der Waals surface area contributed by atoms with Gasteiger partial charge in [0.15, 0.2) is 5.16 Å². The standard InChI is InChI=1S/C22H23ClN4OS/c1-15(18-9-5-6-10-19(18)23)24-20(28)14-29-22-26-25-21(17-11-12-17)27(22)13-16-7-3-2-4-8-16/h2-10,15,17H,11-14H2,1H3,(H,24,28)/t15-/m1/s1. The maximum absolute atomic E-state index is 12.5. The number of nitrogens with zero attached hydrogens (tertiary/aromatic N) is 3. The van der Waals surface area contributed by atoms with Crippen molar-refractivity contribution in [3.63, 3.8) is 0 Å². The molecule has 0 unspecified atom stereocenters. The Bertz CT molecular complexity index is 987. The van der Waals surface area contributed by atoms with Crippen LogP contribution in [-0.4, -0.2) is 26.4 Å². The van der Waals surface area contributed by atoms with Crippen LogP contribution in [0, 0.1) is 0 Å². The van der Waals surface area contributed by atoms with Crippen LogP contribution in [0.2, 0.25) is 5.02 Å². The van der Waals surface area contributed by atoms with E-state index in [9.17, 15) is 4.79 Å². The van der Waals surface area contributed by atoms with Crippen molar-refractivity contribution in [2.24, 2.45) is 0 Å². The Kier molecular flexibility index (Phi) is 6.21. The molecule has 1 aliphatic rings. The normalized spacial score (nSPS) is 14.6. The van der Waals surface area contributed by atoms with Gasteiger partial charge < -0.3 is 9.88 Å². The second-order valence-corrected chi connectivity index (χ2v) is 8.64. The summed E-state index contributed by atoms with van der Waals surface area (Å²) >= 11 is 7.66. The minimum Gasteiger partial charge on any atom is -0.349 e. The Morgan fingerprint density at radius 1 is 1.17 bits per heavy atom. The Labute approximate surface area is 179 Å². The van der Waals surface area contributed by atoms with Crippen LogP contribution in [0.25, 0.3) is 0 Å². The van der Waals surface area contributed by atoms with Crippen LogP contribution in [0.5, 0.6) is 0 Å². The monoisotopic (exact) mass is 426 g/mol. The van der Waals surface area contributed by atoms with Gasteiger partial charge in [0, 0.05) is 10.9 Å². The van der Waals surface area contributed by atoms with Gasteiger partial charge in [-0.25, -0.2) is 0 Å². The first-order chi connectivity index (χ1) is 14.1. The van der Waals surface area contributed by atoms with Crippen LogP contribution in [0.15, 0.2) is 59.8 Å². The van der Waals surface area contributed by atoms with Crippen molar-refractivity contribution >= 4 is 29.3 Å². The van der Waals surface area contributed by atoms with Crippen LogP contribution in [0.1, 0.15) is 48.7 Å². The van der Waals surface area contributed by atoms with Gasteiger partial charge in [-0.05, 0) is 37.0 Å². The lowest BCUT2D eigenvalue weighted by atomic mass is 10.1. The fourth-order valence-corrected chi connectivity index (χ4v) is 4.34. The molecule has 150 valence electrons. The lowest BCUT2D eigenvalue weighted by Crippen LogP contribution is -2.28. The van der Waals surface area contributed by atoms with E-state index in [0.29, 0.717) is 10.9 Å². The van der Waals surface area contributed by atoms with Crippen molar-refractivity contribution in [2.45, 2.75) is 43.4 Å². The number of hydrogen-bond acceptors (Lipinski definition) is 4. The van der Waals surface area contributed by atoms with E-state index < -0.39 is 0 Å². The van der Waals surface area contributed by atoms with E-state index in [1.807, 2.05) is 49.4 Å². The van der Waals surface area contributed by atoms with Gasteiger partial charge in [-0.15, -0.1) is 10.2 Å². The molecule has 0 bridgehead atoms. The molecule has 1 saturated carbocycles. The summed E-state index contributed by atoms with van der Waals surface area (Å²) in [5.41, 5.74) is 2.11. The Balaban J connectivity index is 1.41. The lowest BCUT2D eigenvalue weighted by Gasteiger charge is -2.15. The average Bonchev–Trinajstić information content (AvgIpc) is 3.49. The molecule has 1 N–H and O–H groups in total. The molecule has 1 aromatic heterocycles. The molecule has 1 fully saturated rings. The molecule has 7 heteroatoms. The molecule has 2 aromatic carbocycles. The zero-order valence-electron chi connectivity index (χ0n) is 16.2. The molecule has 4 rings (SSSR count). The topological polar surface area (TPSA) is 59.8 Å². The Hall–Kier alpha value is -2.31. The van der Waals surface area contributed by atoms with E-state index in [4.69, 9.17) is 11.6 Å².